The Morgan fingerprint density at radius 1 is 1.23 bits per heavy atom. The molecule has 2 unspecified atom stereocenters. The molecule has 1 heterocycles. The van der Waals surface area contributed by atoms with Gasteiger partial charge >= 0.3 is 0 Å². The van der Waals surface area contributed by atoms with Crippen LogP contribution in [0.3, 0.4) is 0 Å². The molecule has 0 saturated carbocycles. The van der Waals surface area contributed by atoms with Crippen LogP contribution in [0.5, 0.6) is 5.75 Å². The van der Waals surface area contributed by atoms with Crippen molar-refractivity contribution in [3.05, 3.63) is 64.2 Å². The molecular formula is C21H25ClN2O2. The first-order valence-electron chi connectivity index (χ1n) is 8.91. The summed E-state index contributed by atoms with van der Waals surface area (Å²) in [5.41, 5.74) is 2.97. The minimum atomic E-state index is -0.294. The summed E-state index contributed by atoms with van der Waals surface area (Å²) in [6, 6.07) is 13.3. The summed E-state index contributed by atoms with van der Waals surface area (Å²) in [7, 11) is 1.65. The van der Waals surface area contributed by atoms with E-state index in [2.05, 4.69) is 10.6 Å². The lowest BCUT2D eigenvalue weighted by Crippen LogP contribution is -2.50. The molecule has 2 atom stereocenters. The minimum Gasteiger partial charge on any atom is -0.497 e. The zero-order valence-electron chi connectivity index (χ0n) is 15.4. The molecule has 0 radical (unpaired) electrons. The first kappa shape index (κ1) is 18.7. The van der Waals surface area contributed by atoms with Gasteiger partial charge in [0.25, 0.3) is 0 Å². The molecule has 0 bridgehead atoms. The summed E-state index contributed by atoms with van der Waals surface area (Å²) in [4.78, 5) is 12.9. The highest BCUT2D eigenvalue weighted by molar-refractivity contribution is 6.31. The van der Waals surface area contributed by atoms with Crippen molar-refractivity contribution in [3.8, 4) is 5.75 Å². The van der Waals surface area contributed by atoms with Crippen molar-refractivity contribution >= 4 is 17.5 Å². The molecule has 1 aliphatic rings. The van der Waals surface area contributed by atoms with E-state index in [0.717, 1.165) is 35.5 Å². The number of nitrogens with one attached hydrogen (secondary N) is 2. The van der Waals surface area contributed by atoms with Crippen molar-refractivity contribution in [2.45, 2.75) is 19.9 Å². The van der Waals surface area contributed by atoms with E-state index in [4.69, 9.17) is 16.3 Å². The monoisotopic (exact) mass is 372 g/mol. The van der Waals surface area contributed by atoms with E-state index in [-0.39, 0.29) is 17.9 Å². The molecule has 4 nitrogen and oxygen atoms in total. The molecule has 1 aliphatic heterocycles. The SMILES string of the molecule is COc1ccc(C(NC(=O)C(C)C2CNC2)c2ccccc2Cl)c(C)c1. The van der Waals surface area contributed by atoms with Gasteiger partial charge in [0.15, 0.2) is 0 Å². The molecule has 1 saturated heterocycles. The maximum atomic E-state index is 12.9. The largest absolute Gasteiger partial charge is 0.497 e. The zero-order chi connectivity index (χ0) is 18.7. The minimum absolute atomic E-state index is 0.0419. The average Bonchev–Trinajstić information content (AvgIpc) is 2.59. The van der Waals surface area contributed by atoms with Gasteiger partial charge in [0.05, 0.1) is 13.2 Å². The number of hydrogen-bond donors (Lipinski definition) is 2. The second-order valence-corrected chi connectivity index (χ2v) is 7.30. The van der Waals surface area contributed by atoms with E-state index in [1.54, 1.807) is 7.11 Å². The van der Waals surface area contributed by atoms with E-state index < -0.39 is 0 Å². The van der Waals surface area contributed by atoms with Crippen molar-refractivity contribution in [2.75, 3.05) is 20.2 Å². The summed E-state index contributed by atoms with van der Waals surface area (Å²) >= 11 is 6.46. The number of ether oxygens (including phenoxy) is 1. The third-order valence-electron chi connectivity index (χ3n) is 5.22. The molecule has 2 aromatic rings. The van der Waals surface area contributed by atoms with Crippen molar-refractivity contribution in [1.29, 1.82) is 0 Å². The molecule has 3 rings (SSSR count). The highest BCUT2D eigenvalue weighted by Crippen LogP contribution is 2.32. The summed E-state index contributed by atoms with van der Waals surface area (Å²) in [5.74, 6) is 1.19. The Morgan fingerprint density at radius 2 is 1.96 bits per heavy atom. The second-order valence-electron chi connectivity index (χ2n) is 6.89. The molecule has 2 N–H and O–H groups in total. The lowest BCUT2D eigenvalue weighted by molar-refractivity contribution is -0.127. The van der Waals surface area contributed by atoms with Crippen molar-refractivity contribution in [2.24, 2.45) is 11.8 Å². The topological polar surface area (TPSA) is 50.4 Å². The smallest absolute Gasteiger partial charge is 0.223 e. The number of rotatable bonds is 6. The van der Waals surface area contributed by atoms with Gasteiger partial charge in [-0.1, -0.05) is 42.8 Å². The predicted molar refractivity (Wildman–Crippen MR) is 105 cm³/mol. The van der Waals surface area contributed by atoms with Crippen LogP contribution in [0.4, 0.5) is 0 Å². The van der Waals surface area contributed by atoms with Gasteiger partial charge in [-0.05, 0) is 60.8 Å². The average molecular weight is 373 g/mol. The number of halogens is 1. The van der Waals surface area contributed by atoms with Gasteiger partial charge in [0.1, 0.15) is 5.75 Å². The van der Waals surface area contributed by atoms with E-state index in [1.807, 2.05) is 56.3 Å². The van der Waals surface area contributed by atoms with Gasteiger partial charge in [0.2, 0.25) is 5.91 Å². The number of aryl methyl sites for hydroxylation is 1. The summed E-state index contributed by atoms with van der Waals surface area (Å²) in [6.45, 7) is 5.80. The summed E-state index contributed by atoms with van der Waals surface area (Å²) in [5, 5.41) is 7.10. The molecule has 138 valence electrons. The van der Waals surface area contributed by atoms with Crippen molar-refractivity contribution in [3.63, 3.8) is 0 Å². The fourth-order valence-corrected chi connectivity index (χ4v) is 3.53. The maximum Gasteiger partial charge on any atom is 0.223 e. The standard InChI is InChI=1S/C21H25ClN2O2/c1-13-10-16(26-3)8-9-17(13)20(18-6-4-5-7-19(18)22)24-21(25)14(2)15-11-23-12-15/h4-10,14-15,20,23H,11-12H2,1-3H3,(H,24,25). The highest BCUT2D eigenvalue weighted by atomic mass is 35.5. The Bertz CT molecular complexity index is 789. The van der Waals surface area contributed by atoms with Crippen LogP contribution in [-0.4, -0.2) is 26.1 Å². The molecule has 0 aliphatic carbocycles. The Labute approximate surface area is 159 Å². The normalized spacial score (nSPS) is 16.5. The molecular weight excluding hydrogens is 348 g/mol. The zero-order valence-corrected chi connectivity index (χ0v) is 16.1. The van der Waals surface area contributed by atoms with Crippen LogP contribution in [0, 0.1) is 18.8 Å². The molecule has 0 aromatic heterocycles. The van der Waals surface area contributed by atoms with Crippen LogP contribution in [0.25, 0.3) is 0 Å². The third-order valence-corrected chi connectivity index (χ3v) is 5.57. The number of methoxy groups -OCH3 is 1. The lowest BCUT2D eigenvalue weighted by atomic mass is 9.87. The second kappa shape index (κ2) is 8.11. The van der Waals surface area contributed by atoms with E-state index >= 15 is 0 Å². The fourth-order valence-electron chi connectivity index (χ4n) is 3.28. The first-order valence-corrected chi connectivity index (χ1v) is 9.29. The Morgan fingerprint density at radius 3 is 2.54 bits per heavy atom. The first-order chi connectivity index (χ1) is 12.5. The number of benzene rings is 2. The predicted octanol–water partition coefficient (Wildman–Crippen LogP) is 3.72. The molecule has 26 heavy (non-hydrogen) atoms. The number of hydrogen-bond acceptors (Lipinski definition) is 3. The van der Waals surface area contributed by atoms with Gasteiger partial charge in [-0.15, -0.1) is 0 Å². The van der Waals surface area contributed by atoms with Crippen molar-refractivity contribution < 1.29 is 9.53 Å². The van der Waals surface area contributed by atoms with Gasteiger partial charge in [0, 0.05) is 10.9 Å². The van der Waals surface area contributed by atoms with Crippen LogP contribution in [0.2, 0.25) is 5.02 Å². The van der Waals surface area contributed by atoms with Gasteiger partial charge in [-0.3, -0.25) is 4.79 Å². The molecule has 0 spiro atoms. The molecule has 1 fully saturated rings. The van der Waals surface area contributed by atoms with Crippen LogP contribution in [0.15, 0.2) is 42.5 Å². The summed E-state index contributed by atoms with van der Waals surface area (Å²) in [6.07, 6.45) is 0. The summed E-state index contributed by atoms with van der Waals surface area (Å²) < 4.78 is 5.31. The van der Waals surface area contributed by atoms with Crippen LogP contribution < -0.4 is 15.4 Å². The maximum absolute atomic E-state index is 12.9. The highest BCUT2D eigenvalue weighted by Gasteiger charge is 2.31. The van der Waals surface area contributed by atoms with Gasteiger partial charge < -0.3 is 15.4 Å². The molecule has 2 aromatic carbocycles. The Balaban J connectivity index is 1.94. The lowest BCUT2D eigenvalue weighted by Gasteiger charge is -2.33. The van der Waals surface area contributed by atoms with Crippen molar-refractivity contribution in [1.82, 2.24) is 10.6 Å². The molecule has 1 amide bonds. The van der Waals surface area contributed by atoms with E-state index in [1.165, 1.54) is 0 Å². The number of carbonyl (C=O) groups excluding carboxylic acids is 1. The van der Waals surface area contributed by atoms with Gasteiger partial charge in [-0.2, -0.15) is 0 Å². The Kier molecular flexibility index (Phi) is 5.84. The fraction of sp³-hybridized carbons (Fsp3) is 0.381. The quantitative estimate of drug-likeness (QED) is 0.812. The van der Waals surface area contributed by atoms with Crippen LogP contribution in [-0.2, 0) is 4.79 Å². The number of amides is 1. The van der Waals surface area contributed by atoms with E-state index in [9.17, 15) is 4.79 Å². The van der Waals surface area contributed by atoms with E-state index in [0.29, 0.717) is 10.9 Å². The molecule has 5 heteroatoms. The van der Waals surface area contributed by atoms with Gasteiger partial charge in [-0.25, -0.2) is 0 Å². The van der Waals surface area contributed by atoms with Crippen LogP contribution in [0.1, 0.15) is 29.7 Å². The number of carbonyl (C=O) groups is 1. The third kappa shape index (κ3) is 3.87. The van der Waals surface area contributed by atoms with Crippen LogP contribution >= 0.6 is 11.6 Å². The Hall–Kier alpha value is -2.04.